The van der Waals surface area contributed by atoms with Crippen LogP contribution in [-0.4, -0.2) is 36.6 Å². The van der Waals surface area contributed by atoms with Crippen LogP contribution in [0, 0.1) is 0 Å². The Balaban J connectivity index is 2.58. The van der Waals surface area contributed by atoms with Crippen LogP contribution in [0.5, 0.6) is 0 Å². The molecule has 2 nitrogen and oxygen atoms in total. The lowest BCUT2D eigenvalue weighted by molar-refractivity contribution is 0.102. The Bertz CT molecular complexity index is 176. The first kappa shape index (κ1) is 14.0. The molecule has 2 atom stereocenters. The Morgan fingerprint density at radius 1 is 1.12 bits per heavy atom. The molecular formula is C14H30N2. The van der Waals surface area contributed by atoms with Gasteiger partial charge in [0.05, 0.1) is 0 Å². The maximum Gasteiger partial charge on any atom is 0.0249 e. The van der Waals surface area contributed by atoms with E-state index in [9.17, 15) is 0 Å². The minimum absolute atomic E-state index is 0.726. The molecule has 0 aromatic rings. The molecule has 1 rings (SSSR count). The predicted molar refractivity (Wildman–Crippen MR) is 71.9 cm³/mol. The highest BCUT2D eigenvalue weighted by molar-refractivity contribution is 4.88. The molecule has 0 aliphatic heterocycles. The van der Waals surface area contributed by atoms with Gasteiger partial charge in [-0.3, -0.25) is 4.90 Å². The summed E-state index contributed by atoms with van der Waals surface area (Å²) in [6.07, 6.45) is 8.13. The van der Waals surface area contributed by atoms with Gasteiger partial charge in [-0.2, -0.15) is 0 Å². The van der Waals surface area contributed by atoms with Crippen molar-refractivity contribution in [1.82, 2.24) is 10.2 Å². The van der Waals surface area contributed by atoms with Crippen molar-refractivity contribution in [3.8, 4) is 0 Å². The van der Waals surface area contributed by atoms with E-state index in [-0.39, 0.29) is 0 Å². The largest absolute Gasteiger partial charge is 0.313 e. The van der Waals surface area contributed by atoms with Crippen LogP contribution in [0.3, 0.4) is 0 Å². The summed E-state index contributed by atoms with van der Waals surface area (Å²) in [7, 11) is 2.33. The van der Waals surface area contributed by atoms with Gasteiger partial charge in [-0.25, -0.2) is 0 Å². The Hall–Kier alpha value is -0.0800. The zero-order valence-corrected chi connectivity index (χ0v) is 11.6. The standard InChI is InChI=1S/C14H30N2/c1-5-12(6-2)16(4)14-11-9-8-10-13(14)15-7-3/h12-15H,5-11H2,1-4H3. The van der Waals surface area contributed by atoms with Gasteiger partial charge in [0.2, 0.25) is 0 Å². The van der Waals surface area contributed by atoms with Crippen molar-refractivity contribution in [3.05, 3.63) is 0 Å². The van der Waals surface area contributed by atoms with Gasteiger partial charge in [0, 0.05) is 18.1 Å². The van der Waals surface area contributed by atoms with Crippen molar-refractivity contribution >= 4 is 0 Å². The molecule has 0 radical (unpaired) electrons. The van der Waals surface area contributed by atoms with Crippen molar-refractivity contribution < 1.29 is 0 Å². The van der Waals surface area contributed by atoms with Crippen molar-refractivity contribution in [2.45, 2.75) is 77.4 Å². The zero-order chi connectivity index (χ0) is 12.0. The first-order valence-corrected chi connectivity index (χ1v) is 7.19. The summed E-state index contributed by atoms with van der Waals surface area (Å²) >= 11 is 0. The Morgan fingerprint density at radius 2 is 1.75 bits per heavy atom. The molecule has 2 heteroatoms. The summed E-state index contributed by atoms with van der Waals surface area (Å²) in [5.41, 5.74) is 0. The first-order valence-electron chi connectivity index (χ1n) is 7.19. The maximum absolute atomic E-state index is 3.68. The van der Waals surface area contributed by atoms with Gasteiger partial charge >= 0.3 is 0 Å². The summed E-state index contributed by atoms with van der Waals surface area (Å²) < 4.78 is 0. The molecule has 0 spiro atoms. The van der Waals surface area contributed by atoms with E-state index in [4.69, 9.17) is 0 Å². The lowest BCUT2D eigenvalue weighted by Gasteiger charge is -2.42. The summed E-state index contributed by atoms with van der Waals surface area (Å²) in [4.78, 5) is 2.65. The van der Waals surface area contributed by atoms with Crippen LogP contribution in [0.1, 0.15) is 59.3 Å². The van der Waals surface area contributed by atoms with Crippen LogP contribution >= 0.6 is 0 Å². The second kappa shape index (κ2) is 7.29. The number of hydrogen-bond donors (Lipinski definition) is 1. The Labute approximate surface area is 102 Å². The molecule has 2 unspecified atom stereocenters. The monoisotopic (exact) mass is 226 g/mol. The van der Waals surface area contributed by atoms with E-state index in [1.807, 2.05) is 0 Å². The second-order valence-electron chi connectivity index (χ2n) is 5.15. The number of likely N-dealkylation sites (N-methyl/N-ethyl adjacent to an activating group) is 2. The third-order valence-corrected chi connectivity index (χ3v) is 4.24. The normalized spacial score (nSPS) is 26.6. The minimum atomic E-state index is 0.726. The third-order valence-electron chi connectivity index (χ3n) is 4.24. The number of hydrogen-bond acceptors (Lipinski definition) is 2. The fourth-order valence-corrected chi connectivity index (χ4v) is 3.23. The fourth-order valence-electron chi connectivity index (χ4n) is 3.23. The van der Waals surface area contributed by atoms with Crippen LogP contribution < -0.4 is 5.32 Å². The molecule has 0 bridgehead atoms. The van der Waals surface area contributed by atoms with E-state index in [0.717, 1.165) is 24.7 Å². The first-order chi connectivity index (χ1) is 7.74. The van der Waals surface area contributed by atoms with Crippen molar-refractivity contribution in [2.24, 2.45) is 0 Å². The summed E-state index contributed by atoms with van der Waals surface area (Å²) in [6, 6.07) is 2.26. The molecule has 1 N–H and O–H groups in total. The van der Waals surface area contributed by atoms with Crippen LogP contribution in [0.15, 0.2) is 0 Å². The van der Waals surface area contributed by atoms with Gasteiger partial charge in [-0.05, 0) is 39.3 Å². The number of nitrogens with one attached hydrogen (secondary N) is 1. The number of rotatable bonds is 6. The molecule has 16 heavy (non-hydrogen) atoms. The molecule has 1 fully saturated rings. The average Bonchev–Trinajstić information content (AvgIpc) is 2.31. The molecule has 96 valence electrons. The molecule has 1 aliphatic carbocycles. The summed E-state index contributed by atoms with van der Waals surface area (Å²) in [5.74, 6) is 0. The van der Waals surface area contributed by atoms with E-state index < -0.39 is 0 Å². The highest BCUT2D eigenvalue weighted by Crippen LogP contribution is 2.25. The van der Waals surface area contributed by atoms with E-state index in [1.165, 1.54) is 38.5 Å². The van der Waals surface area contributed by atoms with Crippen LogP contribution in [0.2, 0.25) is 0 Å². The van der Waals surface area contributed by atoms with Gasteiger partial charge in [0.1, 0.15) is 0 Å². The quantitative estimate of drug-likeness (QED) is 0.749. The summed E-state index contributed by atoms with van der Waals surface area (Å²) in [5, 5.41) is 3.68. The van der Waals surface area contributed by atoms with Gasteiger partial charge < -0.3 is 5.32 Å². The van der Waals surface area contributed by atoms with Gasteiger partial charge in [0.25, 0.3) is 0 Å². The second-order valence-corrected chi connectivity index (χ2v) is 5.15. The molecule has 0 saturated heterocycles. The van der Waals surface area contributed by atoms with E-state index in [0.29, 0.717) is 0 Å². The van der Waals surface area contributed by atoms with Crippen molar-refractivity contribution in [1.29, 1.82) is 0 Å². The van der Waals surface area contributed by atoms with Crippen LogP contribution in [0.25, 0.3) is 0 Å². The van der Waals surface area contributed by atoms with Crippen LogP contribution in [0.4, 0.5) is 0 Å². The molecule has 0 amide bonds. The third kappa shape index (κ3) is 3.46. The molecule has 0 heterocycles. The zero-order valence-electron chi connectivity index (χ0n) is 11.6. The lowest BCUT2D eigenvalue weighted by Crippen LogP contribution is -2.53. The maximum atomic E-state index is 3.68. The predicted octanol–water partition coefficient (Wildman–Crippen LogP) is 3.03. The minimum Gasteiger partial charge on any atom is -0.313 e. The van der Waals surface area contributed by atoms with Gasteiger partial charge in [0.15, 0.2) is 0 Å². The number of nitrogens with zero attached hydrogens (tertiary/aromatic N) is 1. The highest BCUT2D eigenvalue weighted by atomic mass is 15.2. The molecule has 1 saturated carbocycles. The lowest BCUT2D eigenvalue weighted by atomic mass is 9.88. The van der Waals surface area contributed by atoms with Gasteiger partial charge in [-0.15, -0.1) is 0 Å². The van der Waals surface area contributed by atoms with Crippen molar-refractivity contribution in [2.75, 3.05) is 13.6 Å². The van der Waals surface area contributed by atoms with Crippen molar-refractivity contribution in [3.63, 3.8) is 0 Å². The SMILES string of the molecule is CCNC1CCCCC1N(C)C(CC)CC. The van der Waals surface area contributed by atoms with E-state index in [1.54, 1.807) is 0 Å². The average molecular weight is 226 g/mol. The summed E-state index contributed by atoms with van der Waals surface area (Å²) in [6.45, 7) is 7.96. The molecule has 0 aromatic carbocycles. The fraction of sp³-hybridized carbons (Fsp3) is 1.00. The molecular weight excluding hydrogens is 196 g/mol. The van der Waals surface area contributed by atoms with Crippen LogP contribution in [-0.2, 0) is 0 Å². The molecule has 0 aromatic heterocycles. The van der Waals surface area contributed by atoms with Gasteiger partial charge in [-0.1, -0.05) is 33.6 Å². The van der Waals surface area contributed by atoms with E-state index >= 15 is 0 Å². The topological polar surface area (TPSA) is 15.3 Å². The molecule has 1 aliphatic rings. The smallest absolute Gasteiger partial charge is 0.0249 e. The Kier molecular flexibility index (Phi) is 6.37. The highest BCUT2D eigenvalue weighted by Gasteiger charge is 2.29. The van der Waals surface area contributed by atoms with E-state index in [2.05, 4.69) is 38.0 Å². The Morgan fingerprint density at radius 3 is 2.31 bits per heavy atom.